The highest BCUT2D eigenvalue weighted by molar-refractivity contribution is 7.22. The van der Waals surface area contributed by atoms with Gasteiger partial charge in [0.05, 0.1) is 0 Å². The van der Waals surface area contributed by atoms with Gasteiger partial charge < -0.3 is 10.6 Å². The molecule has 2 saturated carbocycles. The second kappa shape index (κ2) is 4.27. The summed E-state index contributed by atoms with van der Waals surface area (Å²) in [5, 5.41) is 12.9. The van der Waals surface area contributed by atoms with Crippen molar-refractivity contribution in [1.82, 2.24) is 20.5 Å². The molecule has 2 aromatic heterocycles. The third-order valence-corrected chi connectivity index (χ3v) is 4.40. The van der Waals surface area contributed by atoms with E-state index in [-0.39, 0.29) is 23.8 Å². The number of nitrogens with zero attached hydrogens (tertiary/aromatic N) is 2. The van der Waals surface area contributed by atoms with Gasteiger partial charge >= 0.3 is 0 Å². The first kappa shape index (κ1) is 11.8. The van der Waals surface area contributed by atoms with Crippen LogP contribution in [-0.4, -0.2) is 33.0 Å². The maximum atomic E-state index is 12.0. The first-order chi connectivity index (χ1) is 9.70. The number of H-pyrrole nitrogens is 1. The minimum Gasteiger partial charge on any atom is -0.348 e. The van der Waals surface area contributed by atoms with E-state index in [4.69, 9.17) is 0 Å². The van der Waals surface area contributed by atoms with Crippen molar-refractivity contribution in [3.05, 3.63) is 5.69 Å². The molecule has 0 bridgehead atoms. The second-order valence-electron chi connectivity index (χ2n) is 5.28. The highest BCUT2D eigenvalue weighted by Gasteiger charge is 2.31. The molecule has 0 aromatic carbocycles. The minimum atomic E-state index is -0.178. The van der Waals surface area contributed by atoms with Crippen molar-refractivity contribution in [2.24, 2.45) is 5.92 Å². The number of aromatic nitrogens is 3. The van der Waals surface area contributed by atoms with Crippen molar-refractivity contribution in [1.29, 1.82) is 0 Å². The number of fused-ring (bicyclic) bond motifs is 1. The Labute approximate surface area is 118 Å². The number of anilines is 1. The summed E-state index contributed by atoms with van der Waals surface area (Å²) in [6.07, 6.45) is 3.97. The Morgan fingerprint density at radius 2 is 2.05 bits per heavy atom. The quantitative estimate of drug-likeness (QED) is 0.789. The molecule has 0 radical (unpaired) electrons. The van der Waals surface area contributed by atoms with E-state index in [9.17, 15) is 9.59 Å². The zero-order valence-electron chi connectivity index (χ0n) is 10.6. The van der Waals surface area contributed by atoms with E-state index in [0.29, 0.717) is 21.2 Å². The first-order valence-electron chi connectivity index (χ1n) is 6.67. The fourth-order valence-electron chi connectivity index (χ4n) is 1.96. The van der Waals surface area contributed by atoms with Gasteiger partial charge in [-0.2, -0.15) is 5.10 Å². The third-order valence-electron chi connectivity index (χ3n) is 3.42. The van der Waals surface area contributed by atoms with E-state index in [0.717, 1.165) is 25.7 Å². The molecular weight excluding hydrogens is 278 g/mol. The molecule has 2 aliphatic rings. The molecule has 2 fully saturated rings. The molecular formula is C12H13N5O2S. The minimum absolute atomic E-state index is 0.0124. The van der Waals surface area contributed by atoms with Crippen LogP contribution in [0.5, 0.6) is 0 Å². The third kappa shape index (κ3) is 2.15. The number of aromatic amines is 1. The largest absolute Gasteiger partial charge is 0.348 e. The van der Waals surface area contributed by atoms with Gasteiger partial charge in [0.25, 0.3) is 5.91 Å². The van der Waals surface area contributed by atoms with Gasteiger partial charge in [-0.25, -0.2) is 4.98 Å². The van der Waals surface area contributed by atoms with Crippen LogP contribution in [0.15, 0.2) is 0 Å². The molecule has 2 heterocycles. The van der Waals surface area contributed by atoms with Crippen molar-refractivity contribution < 1.29 is 9.59 Å². The summed E-state index contributed by atoms with van der Waals surface area (Å²) in [7, 11) is 0. The number of carbonyl (C=O) groups is 2. The van der Waals surface area contributed by atoms with E-state index < -0.39 is 0 Å². The number of nitrogens with one attached hydrogen (secondary N) is 3. The fraction of sp³-hybridized carbons (Fsp3) is 0.500. The second-order valence-corrected chi connectivity index (χ2v) is 6.28. The van der Waals surface area contributed by atoms with E-state index in [1.807, 2.05) is 0 Å². The number of carbonyl (C=O) groups excluding carboxylic acids is 2. The van der Waals surface area contributed by atoms with Crippen LogP contribution in [0.4, 0.5) is 5.13 Å². The molecule has 0 atom stereocenters. The van der Waals surface area contributed by atoms with Gasteiger partial charge in [-0.15, -0.1) is 0 Å². The first-order valence-corrected chi connectivity index (χ1v) is 7.49. The van der Waals surface area contributed by atoms with Crippen LogP contribution >= 0.6 is 11.3 Å². The predicted octanol–water partition coefficient (Wildman–Crippen LogP) is 1.26. The Hall–Kier alpha value is -1.96. The number of hydrogen-bond acceptors (Lipinski definition) is 5. The van der Waals surface area contributed by atoms with Crippen molar-refractivity contribution in [2.75, 3.05) is 5.32 Å². The Bertz CT molecular complexity index is 698. The topological polar surface area (TPSA) is 99.8 Å². The highest BCUT2D eigenvalue weighted by atomic mass is 32.1. The SMILES string of the molecule is O=C(NC1CC1)c1n[nH]c2nc(NC(=O)C3CC3)sc12. The van der Waals surface area contributed by atoms with Gasteiger partial charge in [-0.05, 0) is 25.7 Å². The molecule has 8 heteroatoms. The van der Waals surface area contributed by atoms with Crippen LogP contribution in [0.1, 0.15) is 36.2 Å². The number of hydrogen-bond donors (Lipinski definition) is 3. The molecule has 4 rings (SSSR count). The van der Waals surface area contributed by atoms with Crippen molar-refractivity contribution in [3.8, 4) is 0 Å². The summed E-state index contributed by atoms with van der Waals surface area (Å²) < 4.78 is 0.689. The molecule has 0 unspecified atom stereocenters. The summed E-state index contributed by atoms with van der Waals surface area (Å²) in [6, 6.07) is 0.288. The normalized spacial score (nSPS) is 18.2. The van der Waals surface area contributed by atoms with Crippen molar-refractivity contribution in [2.45, 2.75) is 31.7 Å². The molecule has 2 aromatic rings. The molecule has 2 amide bonds. The summed E-state index contributed by atoms with van der Waals surface area (Å²) >= 11 is 1.28. The zero-order chi connectivity index (χ0) is 13.7. The molecule has 2 aliphatic carbocycles. The smallest absolute Gasteiger partial charge is 0.273 e. The van der Waals surface area contributed by atoms with E-state index in [1.54, 1.807) is 0 Å². The molecule has 7 nitrogen and oxygen atoms in total. The van der Waals surface area contributed by atoms with Crippen LogP contribution in [-0.2, 0) is 4.79 Å². The van der Waals surface area contributed by atoms with Gasteiger partial charge in [-0.3, -0.25) is 14.7 Å². The molecule has 0 saturated heterocycles. The average Bonchev–Trinajstić information content (AvgIpc) is 3.30. The maximum Gasteiger partial charge on any atom is 0.273 e. The van der Waals surface area contributed by atoms with E-state index in [1.165, 1.54) is 11.3 Å². The maximum absolute atomic E-state index is 12.0. The van der Waals surface area contributed by atoms with Gasteiger partial charge in [-0.1, -0.05) is 11.3 Å². The summed E-state index contributed by atoms with van der Waals surface area (Å²) in [6.45, 7) is 0. The number of rotatable bonds is 4. The fourth-order valence-corrected chi connectivity index (χ4v) is 2.86. The van der Waals surface area contributed by atoms with Crippen LogP contribution in [0.2, 0.25) is 0 Å². The Kier molecular flexibility index (Phi) is 2.53. The lowest BCUT2D eigenvalue weighted by molar-refractivity contribution is -0.117. The molecule has 104 valence electrons. The van der Waals surface area contributed by atoms with E-state index in [2.05, 4.69) is 25.8 Å². The molecule has 0 aliphatic heterocycles. The van der Waals surface area contributed by atoms with Crippen LogP contribution in [0.25, 0.3) is 10.3 Å². The summed E-state index contributed by atoms with van der Waals surface area (Å²) in [5.74, 6) is -0.0335. The van der Waals surface area contributed by atoms with Crippen molar-refractivity contribution in [3.63, 3.8) is 0 Å². The van der Waals surface area contributed by atoms with Gasteiger partial charge in [0.15, 0.2) is 16.5 Å². The molecule has 0 spiro atoms. The summed E-state index contributed by atoms with van der Waals surface area (Å²) in [5.41, 5.74) is 0.901. The lowest BCUT2D eigenvalue weighted by atomic mass is 10.4. The van der Waals surface area contributed by atoms with Gasteiger partial charge in [0.1, 0.15) is 4.70 Å². The van der Waals surface area contributed by atoms with Crippen molar-refractivity contribution >= 4 is 38.6 Å². The van der Waals surface area contributed by atoms with Crippen LogP contribution < -0.4 is 10.6 Å². The number of thiazole rings is 1. The molecule has 3 N–H and O–H groups in total. The Balaban J connectivity index is 1.57. The molecule has 20 heavy (non-hydrogen) atoms. The zero-order valence-corrected chi connectivity index (χ0v) is 11.4. The highest BCUT2D eigenvalue weighted by Crippen LogP contribution is 2.32. The summed E-state index contributed by atoms with van der Waals surface area (Å²) in [4.78, 5) is 28.0. The average molecular weight is 291 g/mol. The predicted molar refractivity (Wildman–Crippen MR) is 73.6 cm³/mol. The van der Waals surface area contributed by atoms with Gasteiger partial charge in [0.2, 0.25) is 5.91 Å². The lowest BCUT2D eigenvalue weighted by Gasteiger charge is -1.99. The number of amides is 2. The Morgan fingerprint density at radius 1 is 1.25 bits per heavy atom. The van der Waals surface area contributed by atoms with Crippen LogP contribution in [0, 0.1) is 5.92 Å². The van der Waals surface area contributed by atoms with Gasteiger partial charge in [0, 0.05) is 12.0 Å². The van der Waals surface area contributed by atoms with Crippen LogP contribution in [0.3, 0.4) is 0 Å². The standard InChI is InChI=1S/C12H13N5O2S/c18-10(5-1-2-5)15-12-14-9-8(20-12)7(16-17-9)11(19)13-6-3-4-6/h5-6H,1-4H2,(H,13,19)(H2,14,15,16,17,18). The monoisotopic (exact) mass is 291 g/mol. The Morgan fingerprint density at radius 3 is 2.75 bits per heavy atom. The lowest BCUT2D eigenvalue weighted by Crippen LogP contribution is -2.25. The van der Waals surface area contributed by atoms with E-state index >= 15 is 0 Å².